The van der Waals surface area contributed by atoms with Gasteiger partial charge in [-0.2, -0.15) is 12.6 Å². The number of thiol groups is 1. The van der Waals surface area contributed by atoms with Crippen LogP contribution in [0.3, 0.4) is 0 Å². The van der Waals surface area contributed by atoms with Gasteiger partial charge in [-0.25, -0.2) is 4.79 Å². The van der Waals surface area contributed by atoms with E-state index in [0.29, 0.717) is 5.69 Å². The first-order valence-electron chi connectivity index (χ1n) is 5.01. The molecule has 16 heavy (non-hydrogen) atoms. The molecule has 1 unspecified atom stereocenters. The summed E-state index contributed by atoms with van der Waals surface area (Å²) in [5.41, 5.74) is 2.50. The highest BCUT2D eigenvalue weighted by atomic mass is 32.1. The fraction of sp³-hybridized carbons (Fsp3) is 0.250. The molecule has 84 valence electrons. The van der Waals surface area contributed by atoms with Crippen LogP contribution in [-0.4, -0.2) is 18.1 Å². The summed E-state index contributed by atoms with van der Waals surface area (Å²) in [6.45, 7) is 2.00. The Hall–Kier alpha value is -1.42. The van der Waals surface area contributed by atoms with Crippen molar-refractivity contribution in [2.24, 2.45) is 0 Å². The maximum Gasteiger partial charge on any atom is 0.354 e. The van der Waals surface area contributed by atoms with Gasteiger partial charge in [0.05, 0.1) is 12.6 Å². The molecule has 3 nitrogen and oxygen atoms in total. The third kappa shape index (κ3) is 1.80. The lowest BCUT2D eigenvalue weighted by atomic mass is 10.1. The Morgan fingerprint density at radius 1 is 1.50 bits per heavy atom. The molecule has 4 heteroatoms. The quantitative estimate of drug-likeness (QED) is 0.620. The number of H-pyrrole nitrogens is 1. The van der Waals surface area contributed by atoms with Gasteiger partial charge >= 0.3 is 5.97 Å². The van der Waals surface area contributed by atoms with Crippen molar-refractivity contribution in [3.8, 4) is 0 Å². The Morgan fingerprint density at radius 2 is 2.25 bits per heavy atom. The number of esters is 1. The van der Waals surface area contributed by atoms with E-state index in [-0.39, 0.29) is 11.2 Å². The number of hydrogen-bond donors (Lipinski definition) is 2. The molecule has 0 aliphatic heterocycles. The highest BCUT2D eigenvalue weighted by molar-refractivity contribution is 7.80. The number of carbonyl (C=O) groups is 1. The molecule has 1 atom stereocenters. The molecule has 1 aromatic carbocycles. The number of para-hydroxylation sites is 1. The summed E-state index contributed by atoms with van der Waals surface area (Å²) in [7, 11) is 1.37. The first kappa shape index (κ1) is 11.1. The molecule has 2 rings (SSSR count). The number of ether oxygens (including phenoxy) is 1. The van der Waals surface area contributed by atoms with Crippen LogP contribution in [0.4, 0.5) is 0 Å². The van der Waals surface area contributed by atoms with Crippen molar-refractivity contribution in [1.82, 2.24) is 4.98 Å². The summed E-state index contributed by atoms with van der Waals surface area (Å²) in [5, 5.41) is 1.12. The van der Waals surface area contributed by atoms with Crippen LogP contribution in [0.25, 0.3) is 10.9 Å². The van der Waals surface area contributed by atoms with Gasteiger partial charge < -0.3 is 9.72 Å². The number of aromatic amines is 1. The normalized spacial score (nSPS) is 12.7. The zero-order valence-corrected chi connectivity index (χ0v) is 10.0. The van der Waals surface area contributed by atoms with Gasteiger partial charge in [0.25, 0.3) is 0 Å². The minimum atomic E-state index is -0.353. The molecule has 0 bridgehead atoms. The summed E-state index contributed by atoms with van der Waals surface area (Å²) in [4.78, 5) is 14.5. The molecule has 0 spiro atoms. The monoisotopic (exact) mass is 235 g/mol. The van der Waals surface area contributed by atoms with Crippen LogP contribution in [0.1, 0.15) is 28.2 Å². The Labute approximate surface area is 99.2 Å². The third-order valence-electron chi connectivity index (χ3n) is 2.54. The third-order valence-corrected chi connectivity index (χ3v) is 2.82. The standard InChI is InChI=1S/C12H13NO2S/c1-7(16)9-5-3-4-8-6-10(12(14)15-2)13-11(8)9/h3-7,13,16H,1-2H3. The van der Waals surface area contributed by atoms with Crippen molar-refractivity contribution in [1.29, 1.82) is 0 Å². The Kier molecular flexibility index (Phi) is 2.92. The van der Waals surface area contributed by atoms with Gasteiger partial charge in [-0.3, -0.25) is 0 Å². The van der Waals surface area contributed by atoms with E-state index in [2.05, 4.69) is 22.3 Å². The van der Waals surface area contributed by atoms with Gasteiger partial charge in [0.2, 0.25) is 0 Å². The molecule has 1 aromatic heterocycles. The van der Waals surface area contributed by atoms with E-state index in [1.807, 2.05) is 25.1 Å². The van der Waals surface area contributed by atoms with Crippen molar-refractivity contribution in [3.05, 3.63) is 35.5 Å². The van der Waals surface area contributed by atoms with Crippen molar-refractivity contribution in [2.45, 2.75) is 12.2 Å². The number of carbonyl (C=O) groups excluding carboxylic acids is 1. The molecular formula is C12H13NO2S. The molecule has 0 fully saturated rings. The molecule has 0 radical (unpaired) electrons. The molecule has 1 N–H and O–H groups in total. The van der Waals surface area contributed by atoms with Gasteiger partial charge in [0, 0.05) is 10.6 Å². The summed E-state index contributed by atoms with van der Waals surface area (Å²) in [6.07, 6.45) is 0. The number of fused-ring (bicyclic) bond motifs is 1. The number of hydrogen-bond acceptors (Lipinski definition) is 3. The Bertz CT molecular complexity index is 531. The number of methoxy groups -OCH3 is 1. The van der Waals surface area contributed by atoms with Gasteiger partial charge in [0.15, 0.2) is 0 Å². The smallest absolute Gasteiger partial charge is 0.354 e. The van der Waals surface area contributed by atoms with E-state index in [1.54, 1.807) is 6.07 Å². The van der Waals surface area contributed by atoms with E-state index in [4.69, 9.17) is 0 Å². The van der Waals surface area contributed by atoms with Gasteiger partial charge in [0.1, 0.15) is 5.69 Å². The highest BCUT2D eigenvalue weighted by Crippen LogP contribution is 2.27. The predicted molar refractivity (Wildman–Crippen MR) is 67.0 cm³/mol. The maximum atomic E-state index is 11.4. The van der Waals surface area contributed by atoms with E-state index < -0.39 is 0 Å². The van der Waals surface area contributed by atoms with Crippen molar-refractivity contribution in [2.75, 3.05) is 7.11 Å². The lowest BCUT2D eigenvalue weighted by Crippen LogP contribution is -2.00. The van der Waals surface area contributed by atoms with Crippen LogP contribution in [0.5, 0.6) is 0 Å². The summed E-state index contributed by atoms with van der Waals surface area (Å²) in [6, 6.07) is 7.70. The molecule has 0 saturated carbocycles. The van der Waals surface area contributed by atoms with Crippen LogP contribution in [-0.2, 0) is 4.74 Å². The molecular weight excluding hydrogens is 222 g/mol. The zero-order valence-electron chi connectivity index (χ0n) is 9.15. The number of rotatable bonds is 2. The first-order valence-corrected chi connectivity index (χ1v) is 5.53. The highest BCUT2D eigenvalue weighted by Gasteiger charge is 2.12. The molecule has 1 heterocycles. The van der Waals surface area contributed by atoms with Crippen LogP contribution < -0.4 is 0 Å². The topological polar surface area (TPSA) is 42.1 Å². The van der Waals surface area contributed by atoms with E-state index in [1.165, 1.54) is 7.11 Å². The maximum absolute atomic E-state index is 11.4. The summed E-state index contributed by atoms with van der Waals surface area (Å²) < 4.78 is 4.68. The molecule has 0 aliphatic rings. The average Bonchev–Trinajstić information content (AvgIpc) is 2.70. The first-order chi connectivity index (χ1) is 7.63. The van der Waals surface area contributed by atoms with Crippen LogP contribution in [0.2, 0.25) is 0 Å². The largest absolute Gasteiger partial charge is 0.464 e. The molecule has 0 amide bonds. The predicted octanol–water partition coefficient (Wildman–Crippen LogP) is 2.95. The van der Waals surface area contributed by atoms with Gasteiger partial charge in [-0.1, -0.05) is 18.2 Å². The molecule has 2 aromatic rings. The molecule has 0 saturated heterocycles. The SMILES string of the molecule is COC(=O)c1cc2cccc(C(C)S)c2[nH]1. The van der Waals surface area contributed by atoms with Crippen LogP contribution in [0, 0.1) is 0 Å². The van der Waals surface area contributed by atoms with E-state index in [0.717, 1.165) is 16.5 Å². The number of nitrogens with one attached hydrogen (secondary N) is 1. The van der Waals surface area contributed by atoms with Crippen LogP contribution >= 0.6 is 12.6 Å². The second kappa shape index (κ2) is 4.22. The van der Waals surface area contributed by atoms with Crippen molar-refractivity contribution >= 4 is 29.5 Å². The summed E-state index contributed by atoms with van der Waals surface area (Å²) >= 11 is 4.41. The summed E-state index contributed by atoms with van der Waals surface area (Å²) in [5.74, 6) is -0.353. The fourth-order valence-corrected chi connectivity index (χ4v) is 1.96. The molecule has 0 aliphatic carbocycles. The van der Waals surface area contributed by atoms with Gasteiger partial charge in [-0.15, -0.1) is 0 Å². The fourth-order valence-electron chi connectivity index (χ4n) is 1.75. The zero-order chi connectivity index (χ0) is 11.7. The Morgan fingerprint density at radius 3 is 2.88 bits per heavy atom. The van der Waals surface area contributed by atoms with Crippen molar-refractivity contribution < 1.29 is 9.53 Å². The van der Waals surface area contributed by atoms with E-state index >= 15 is 0 Å². The second-order valence-corrected chi connectivity index (χ2v) is 4.44. The van der Waals surface area contributed by atoms with Crippen LogP contribution in [0.15, 0.2) is 24.3 Å². The number of benzene rings is 1. The minimum absolute atomic E-state index is 0.118. The Balaban J connectivity index is 2.61. The minimum Gasteiger partial charge on any atom is -0.464 e. The average molecular weight is 235 g/mol. The second-order valence-electron chi connectivity index (χ2n) is 3.66. The van der Waals surface area contributed by atoms with Gasteiger partial charge in [-0.05, 0) is 18.6 Å². The van der Waals surface area contributed by atoms with E-state index in [9.17, 15) is 4.79 Å². The number of aromatic nitrogens is 1. The lowest BCUT2D eigenvalue weighted by Gasteiger charge is -2.05. The van der Waals surface area contributed by atoms with Crippen molar-refractivity contribution in [3.63, 3.8) is 0 Å². The lowest BCUT2D eigenvalue weighted by molar-refractivity contribution is 0.0595.